The van der Waals surface area contributed by atoms with Crippen LogP contribution in [0.2, 0.25) is 0 Å². The number of hydrogen-bond acceptors (Lipinski definition) is 0. The Labute approximate surface area is 121 Å². The number of allylic oxidation sites excluding steroid dienone is 2. The van der Waals surface area contributed by atoms with Crippen molar-refractivity contribution in [3.63, 3.8) is 0 Å². The molecule has 1 radical (unpaired) electrons. The Morgan fingerprint density at radius 2 is 1.00 bits per heavy atom. The summed E-state index contributed by atoms with van der Waals surface area (Å²) < 4.78 is 0. The van der Waals surface area contributed by atoms with Crippen molar-refractivity contribution in [3.8, 4) is 0 Å². The molecule has 0 amide bonds. The summed E-state index contributed by atoms with van der Waals surface area (Å²) in [6.07, 6.45) is 22.9. The Kier molecular flexibility index (Phi) is 17.4. The summed E-state index contributed by atoms with van der Waals surface area (Å²) in [6, 6.07) is 0. The molecule has 0 aliphatic rings. The maximum atomic E-state index is 10.2. The van der Waals surface area contributed by atoms with E-state index in [0.29, 0.717) is 0 Å². The minimum Gasteiger partial charge on any atom is -0.237 e. The molecule has 0 fully saturated rings. The molecule has 113 valence electrons. The summed E-state index contributed by atoms with van der Waals surface area (Å²) in [4.78, 5) is 0. The highest BCUT2D eigenvalue weighted by Gasteiger charge is 1.91. The predicted molar refractivity (Wildman–Crippen MR) is 85.0 cm³/mol. The van der Waals surface area contributed by atoms with Crippen molar-refractivity contribution in [3.05, 3.63) is 12.2 Å². The molecule has 0 N–H and O–H groups in total. The molecule has 0 saturated carbocycles. The Morgan fingerprint density at radius 3 is 1.47 bits per heavy atom. The van der Waals surface area contributed by atoms with Gasteiger partial charge in [-0.15, -0.1) is 0 Å². The van der Waals surface area contributed by atoms with E-state index >= 15 is 0 Å². The second kappa shape index (κ2) is 17.7. The van der Waals surface area contributed by atoms with Crippen molar-refractivity contribution >= 4 is 0 Å². The largest absolute Gasteiger partial charge is 0.237 e. The monoisotopic (exact) mass is 267 g/mol. The van der Waals surface area contributed by atoms with Gasteiger partial charge in [-0.25, -0.2) is 5.11 Å². The summed E-state index contributed by atoms with van der Waals surface area (Å²) in [6.45, 7) is 2.37. The smallest absolute Gasteiger partial charge is 0.0822 e. The zero-order chi connectivity index (χ0) is 14.0. The number of hydrogen-bond donors (Lipinski definition) is 0. The van der Waals surface area contributed by atoms with E-state index in [0.717, 1.165) is 19.3 Å². The third kappa shape index (κ3) is 17.7. The molecule has 0 saturated heterocycles. The predicted octanol–water partition coefficient (Wildman–Crippen LogP) is 6.45. The van der Waals surface area contributed by atoms with Gasteiger partial charge in [-0.2, -0.15) is 0 Å². The van der Waals surface area contributed by atoms with Gasteiger partial charge in [0.05, 0.1) is 6.61 Å². The molecular weight excluding hydrogens is 232 g/mol. The van der Waals surface area contributed by atoms with Crippen molar-refractivity contribution in [1.29, 1.82) is 0 Å². The first kappa shape index (κ1) is 18.7. The molecule has 0 unspecified atom stereocenters. The van der Waals surface area contributed by atoms with Crippen LogP contribution in [0.3, 0.4) is 0 Å². The third-order valence-corrected chi connectivity index (χ3v) is 3.66. The summed E-state index contributed by atoms with van der Waals surface area (Å²) in [7, 11) is 0. The molecular formula is C18H35O. The van der Waals surface area contributed by atoms with Crippen molar-refractivity contribution in [2.45, 2.75) is 96.8 Å². The molecule has 0 bridgehead atoms. The highest BCUT2D eigenvalue weighted by atomic mass is 16.2. The standard InChI is InChI=1S/C18H35O/c1-2-3-4-5-6-7-8-9-10-11-12-13-14-15-16-17-18-19/h12-13H,2-11,14-18H2,1H3/b13-12+. The van der Waals surface area contributed by atoms with Crippen LogP contribution in [-0.2, 0) is 5.11 Å². The van der Waals surface area contributed by atoms with E-state index in [-0.39, 0.29) is 6.61 Å². The van der Waals surface area contributed by atoms with E-state index in [2.05, 4.69) is 19.1 Å². The average molecular weight is 267 g/mol. The van der Waals surface area contributed by atoms with Crippen LogP contribution in [0, 0.1) is 0 Å². The quantitative estimate of drug-likeness (QED) is 0.240. The fourth-order valence-corrected chi connectivity index (χ4v) is 2.35. The molecule has 0 atom stereocenters. The summed E-state index contributed by atoms with van der Waals surface area (Å²) >= 11 is 0. The van der Waals surface area contributed by atoms with Gasteiger partial charge in [-0.05, 0) is 32.1 Å². The lowest BCUT2D eigenvalue weighted by Gasteiger charge is -2.00. The van der Waals surface area contributed by atoms with Gasteiger partial charge < -0.3 is 0 Å². The number of rotatable bonds is 15. The fourth-order valence-electron chi connectivity index (χ4n) is 2.35. The normalized spacial score (nSPS) is 11.5. The van der Waals surface area contributed by atoms with E-state index in [4.69, 9.17) is 0 Å². The Morgan fingerprint density at radius 1 is 0.579 bits per heavy atom. The van der Waals surface area contributed by atoms with Gasteiger partial charge in [0.25, 0.3) is 0 Å². The molecule has 1 nitrogen and oxygen atoms in total. The van der Waals surface area contributed by atoms with Gasteiger partial charge in [0.15, 0.2) is 0 Å². The van der Waals surface area contributed by atoms with Crippen molar-refractivity contribution in [2.75, 3.05) is 6.61 Å². The minimum atomic E-state index is 0.0994. The van der Waals surface area contributed by atoms with E-state index in [1.807, 2.05) is 0 Å². The van der Waals surface area contributed by atoms with Crippen molar-refractivity contribution in [2.24, 2.45) is 0 Å². The maximum absolute atomic E-state index is 10.2. The molecule has 0 aromatic rings. The van der Waals surface area contributed by atoms with Gasteiger partial charge >= 0.3 is 0 Å². The first-order valence-corrected chi connectivity index (χ1v) is 8.65. The van der Waals surface area contributed by atoms with Gasteiger partial charge in [-0.1, -0.05) is 76.9 Å². The SMILES string of the molecule is CCCCCCCCCCC/C=C/CCCCC[O]. The highest BCUT2D eigenvalue weighted by molar-refractivity contribution is 4.81. The zero-order valence-electron chi connectivity index (χ0n) is 13.2. The van der Waals surface area contributed by atoms with Gasteiger partial charge in [-0.3, -0.25) is 0 Å². The lowest BCUT2D eigenvalue weighted by atomic mass is 10.1. The Balaban J connectivity index is 2.99. The Hall–Kier alpha value is -0.300. The second-order valence-electron chi connectivity index (χ2n) is 5.64. The third-order valence-electron chi connectivity index (χ3n) is 3.66. The lowest BCUT2D eigenvalue weighted by molar-refractivity contribution is 0.186. The Bertz CT molecular complexity index is 175. The topological polar surface area (TPSA) is 19.9 Å². The first-order chi connectivity index (χ1) is 9.41. The van der Waals surface area contributed by atoms with Crippen LogP contribution in [0.25, 0.3) is 0 Å². The van der Waals surface area contributed by atoms with Crippen molar-refractivity contribution < 1.29 is 5.11 Å². The van der Waals surface area contributed by atoms with Gasteiger partial charge in [0.2, 0.25) is 0 Å². The van der Waals surface area contributed by atoms with Crippen LogP contribution < -0.4 is 0 Å². The second-order valence-corrected chi connectivity index (χ2v) is 5.64. The van der Waals surface area contributed by atoms with Crippen LogP contribution in [0.1, 0.15) is 96.8 Å². The highest BCUT2D eigenvalue weighted by Crippen LogP contribution is 2.10. The lowest BCUT2D eigenvalue weighted by Crippen LogP contribution is -1.81. The van der Waals surface area contributed by atoms with Crippen molar-refractivity contribution in [1.82, 2.24) is 0 Å². The van der Waals surface area contributed by atoms with E-state index in [1.165, 1.54) is 70.6 Å². The molecule has 1 heteroatoms. The van der Waals surface area contributed by atoms with Gasteiger partial charge in [0.1, 0.15) is 0 Å². The molecule has 0 aromatic heterocycles. The van der Waals surface area contributed by atoms with Gasteiger partial charge in [0, 0.05) is 0 Å². The molecule has 0 aliphatic heterocycles. The summed E-state index contributed by atoms with van der Waals surface area (Å²) in [5.41, 5.74) is 0. The summed E-state index contributed by atoms with van der Waals surface area (Å²) in [5, 5.41) is 10.2. The number of unbranched alkanes of at least 4 members (excludes halogenated alkanes) is 12. The summed E-state index contributed by atoms with van der Waals surface area (Å²) in [5.74, 6) is 0. The molecule has 0 spiro atoms. The van der Waals surface area contributed by atoms with E-state index in [9.17, 15) is 5.11 Å². The fraction of sp³-hybridized carbons (Fsp3) is 0.889. The van der Waals surface area contributed by atoms with Crippen LogP contribution in [0.5, 0.6) is 0 Å². The molecule has 0 aromatic carbocycles. The average Bonchev–Trinajstić information content (AvgIpc) is 2.43. The van der Waals surface area contributed by atoms with Crippen LogP contribution in [0.4, 0.5) is 0 Å². The van der Waals surface area contributed by atoms with Crippen LogP contribution >= 0.6 is 0 Å². The maximum Gasteiger partial charge on any atom is 0.0822 e. The zero-order valence-corrected chi connectivity index (χ0v) is 13.2. The van der Waals surface area contributed by atoms with Crippen LogP contribution in [0.15, 0.2) is 12.2 Å². The molecule has 0 aliphatic carbocycles. The van der Waals surface area contributed by atoms with E-state index in [1.54, 1.807) is 0 Å². The van der Waals surface area contributed by atoms with Crippen LogP contribution in [-0.4, -0.2) is 6.61 Å². The minimum absolute atomic E-state index is 0.0994. The molecule has 0 heterocycles. The molecule has 0 rings (SSSR count). The first-order valence-electron chi connectivity index (χ1n) is 8.65. The van der Waals surface area contributed by atoms with E-state index < -0.39 is 0 Å². The molecule has 19 heavy (non-hydrogen) atoms.